The number of aryl methyl sites for hydroxylation is 1. The van der Waals surface area contributed by atoms with Gasteiger partial charge in [-0.25, -0.2) is 4.98 Å². The number of hydrogen-bond donors (Lipinski definition) is 3. The van der Waals surface area contributed by atoms with Gasteiger partial charge >= 0.3 is 0 Å². The van der Waals surface area contributed by atoms with Crippen molar-refractivity contribution in [2.24, 2.45) is 0 Å². The number of nitrogens with zero attached hydrogens (tertiary/aromatic N) is 2. The number of aromatic nitrogens is 3. The average molecular weight is 412 g/mol. The largest absolute Gasteiger partial charge is 0.356 e. The number of hydrogen-bond acceptors (Lipinski definition) is 4. The van der Waals surface area contributed by atoms with Gasteiger partial charge < -0.3 is 15.6 Å². The molecule has 29 heavy (non-hydrogen) atoms. The molecular formula is C21H22ClN5O2. The Balaban J connectivity index is 1.31. The topological polar surface area (TPSA) is 99.8 Å². The van der Waals surface area contributed by atoms with Crippen molar-refractivity contribution < 1.29 is 9.59 Å². The summed E-state index contributed by atoms with van der Waals surface area (Å²) in [6.07, 6.45) is 8.21. The van der Waals surface area contributed by atoms with Crippen LogP contribution in [-0.2, 0) is 11.2 Å². The fraction of sp³-hybridized carbons (Fsp3) is 0.333. The summed E-state index contributed by atoms with van der Waals surface area (Å²) in [5.41, 5.74) is 3.64. The molecule has 1 aliphatic rings. The molecule has 7 nitrogen and oxygen atoms in total. The number of fused-ring (bicyclic) bond motifs is 3. The van der Waals surface area contributed by atoms with Crippen LogP contribution >= 0.6 is 11.6 Å². The number of carbonyl (C=O) groups is 2. The Morgan fingerprint density at radius 2 is 2.17 bits per heavy atom. The summed E-state index contributed by atoms with van der Waals surface area (Å²) in [5, 5.41) is 7.74. The second kappa shape index (κ2) is 8.61. The third kappa shape index (κ3) is 4.40. The van der Waals surface area contributed by atoms with Gasteiger partial charge in [0.1, 0.15) is 5.69 Å². The Morgan fingerprint density at radius 1 is 1.28 bits per heavy atom. The molecule has 3 N–H and O–H groups in total. The zero-order valence-electron chi connectivity index (χ0n) is 15.9. The number of benzene rings is 1. The first-order valence-electron chi connectivity index (χ1n) is 9.75. The van der Waals surface area contributed by atoms with Crippen molar-refractivity contribution in [2.75, 3.05) is 6.54 Å². The minimum absolute atomic E-state index is 0.0201. The van der Waals surface area contributed by atoms with Gasteiger partial charge in [0, 0.05) is 47.0 Å². The summed E-state index contributed by atoms with van der Waals surface area (Å²) < 4.78 is 0. The van der Waals surface area contributed by atoms with Crippen LogP contribution in [0.4, 0.5) is 0 Å². The Bertz CT molecular complexity index is 1030. The predicted molar refractivity (Wildman–Crippen MR) is 111 cm³/mol. The summed E-state index contributed by atoms with van der Waals surface area (Å²) >= 11 is 6.15. The van der Waals surface area contributed by atoms with Gasteiger partial charge in [-0.2, -0.15) is 0 Å². The van der Waals surface area contributed by atoms with Crippen LogP contribution in [0.2, 0.25) is 5.02 Å². The molecule has 150 valence electrons. The Kier molecular flexibility index (Phi) is 5.76. The molecule has 0 aliphatic heterocycles. The molecule has 0 fully saturated rings. The number of halogens is 1. The smallest absolute Gasteiger partial charge is 0.271 e. The van der Waals surface area contributed by atoms with Crippen molar-refractivity contribution in [3.8, 4) is 0 Å². The van der Waals surface area contributed by atoms with Crippen molar-refractivity contribution in [1.82, 2.24) is 25.6 Å². The molecule has 0 radical (unpaired) electrons. The van der Waals surface area contributed by atoms with Gasteiger partial charge in [-0.1, -0.05) is 11.6 Å². The molecular weight excluding hydrogens is 390 g/mol. The normalized spacial score (nSPS) is 15.7. The summed E-state index contributed by atoms with van der Waals surface area (Å²) in [6.45, 7) is 0.406. The van der Waals surface area contributed by atoms with E-state index in [0.717, 1.165) is 35.9 Å². The van der Waals surface area contributed by atoms with Gasteiger partial charge in [-0.3, -0.25) is 14.6 Å². The van der Waals surface area contributed by atoms with Gasteiger partial charge in [0.2, 0.25) is 5.91 Å². The van der Waals surface area contributed by atoms with Crippen molar-refractivity contribution in [2.45, 2.75) is 38.1 Å². The fourth-order valence-electron chi connectivity index (χ4n) is 3.80. The van der Waals surface area contributed by atoms with Crippen LogP contribution in [0.25, 0.3) is 10.9 Å². The molecule has 2 aromatic heterocycles. The van der Waals surface area contributed by atoms with E-state index in [1.54, 1.807) is 0 Å². The first kappa shape index (κ1) is 19.4. The average Bonchev–Trinajstić information content (AvgIpc) is 3.11. The fourth-order valence-corrected chi connectivity index (χ4v) is 3.98. The summed E-state index contributed by atoms with van der Waals surface area (Å²) in [5.74, 6) is -0.305. The second-order valence-corrected chi connectivity index (χ2v) is 7.61. The zero-order valence-corrected chi connectivity index (χ0v) is 16.6. The monoisotopic (exact) mass is 411 g/mol. The van der Waals surface area contributed by atoms with Crippen LogP contribution in [0, 0.1) is 0 Å². The Morgan fingerprint density at radius 3 is 3.00 bits per heavy atom. The number of H-pyrrole nitrogens is 1. The van der Waals surface area contributed by atoms with Crippen LogP contribution in [0.15, 0.2) is 36.8 Å². The molecule has 2 amide bonds. The van der Waals surface area contributed by atoms with Gasteiger partial charge in [0.15, 0.2) is 0 Å². The lowest BCUT2D eigenvalue weighted by molar-refractivity contribution is -0.122. The second-order valence-electron chi connectivity index (χ2n) is 7.17. The maximum absolute atomic E-state index is 12.4. The Labute approximate surface area is 173 Å². The van der Waals surface area contributed by atoms with Crippen molar-refractivity contribution in [3.63, 3.8) is 0 Å². The molecule has 0 bridgehead atoms. The molecule has 2 heterocycles. The summed E-state index contributed by atoms with van der Waals surface area (Å²) in [4.78, 5) is 35.6. The maximum Gasteiger partial charge on any atom is 0.271 e. The number of amides is 2. The van der Waals surface area contributed by atoms with Crippen molar-refractivity contribution in [1.29, 1.82) is 0 Å². The van der Waals surface area contributed by atoms with E-state index in [0.29, 0.717) is 24.4 Å². The standard InChI is InChI=1S/C21H22ClN5O2/c22-13-6-7-16-15(11-13)14-3-1-4-17(20(14)27-16)26-19(28)5-2-8-25-21(29)18-12-23-9-10-24-18/h6-7,9-12,17,27H,1-5,8H2,(H,25,29)(H,26,28). The number of nitrogens with one attached hydrogen (secondary N) is 3. The highest BCUT2D eigenvalue weighted by Crippen LogP contribution is 2.35. The van der Waals surface area contributed by atoms with Crippen molar-refractivity contribution in [3.05, 3.63) is 58.8 Å². The highest BCUT2D eigenvalue weighted by Gasteiger charge is 2.25. The van der Waals surface area contributed by atoms with E-state index in [9.17, 15) is 9.59 Å². The van der Waals surface area contributed by atoms with Crippen molar-refractivity contribution >= 4 is 34.3 Å². The molecule has 1 unspecified atom stereocenters. The summed E-state index contributed by atoms with van der Waals surface area (Å²) in [6, 6.07) is 5.81. The molecule has 1 atom stereocenters. The van der Waals surface area contributed by atoms with Crippen LogP contribution in [0.3, 0.4) is 0 Å². The molecule has 0 saturated carbocycles. The molecule has 8 heteroatoms. The van der Waals surface area contributed by atoms with Gasteiger partial charge in [0.05, 0.1) is 12.2 Å². The third-order valence-electron chi connectivity index (χ3n) is 5.17. The lowest BCUT2D eigenvalue weighted by atomic mass is 9.91. The number of aromatic amines is 1. The predicted octanol–water partition coefficient (Wildman–Crippen LogP) is 3.32. The molecule has 1 aliphatic carbocycles. The first-order chi connectivity index (χ1) is 14.1. The minimum Gasteiger partial charge on any atom is -0.356 e. The van der Waals surface area contributed by atoms with Gasteiger partial charge in [-0.15, -0.1) is 0 Å². The highest BCUT2D eigenvalue weighted by molar-refractivity contribution is 6.31. The third-order valence-corrected chi connectivity index (χ3v) is 5.40. The van der Waals surface area contributed by atoms with E-state index in [2.05, 4.69) is 25.6 Å². The molecule has 0 spiro atoms. The van der Waals surface area contributed by atoms with E-state index in [1.165, 1.54) is 24.2 Å². The van der Waals surface area contributed by atoms with E-state index in [4.69, 9.17) is 11.6 Å². The minimum atomic E-state index is -0.285. The van der Waals surface area contributed by atoms with E-state index in [-0.39, 0.29) is 23.6 Å². The number of rotatable bonds is 6. The van der Waals surface area contributed by atoms with Crippen LogP contribution < -0.4 is 10.6 Å². The van der Waals surface area contributed by atoms with Gasteiger partial charge in [-0.05, 0) is 49.4 Å². The van der Waals surface area contributed by atoms with Crippen LogP contribution in [0.5, 0.6) is 0 Å². The quantitative estimate of drug-likeness (QED) is 0.542. The van der Waals surface area contributed by atoms with Crippen LogP contribution in [-0.4, -0.2) is 33.3 Å². The lowest BCUT2D eigenvalue weighted by Crippen LogP contribution is -2.32. The van der Waals surface area contributed by atoms with E-state index >= 15 is 0 Å². The first-order valence-corrected chi connectivity index (χ1v) is 10.1. The zero-order chi connectivity index (χ0) is 20.2. The lowest BCUT2D eigenvalue weighted by Gasteiger charge is -2.24. The van der Waals surface area contributed by atoms with E-state index in [1.807, 2.05) is 18.2 Å². The Hall–Kier alpha value is -2.93. The molecule has 0 saturated heterocycles. The molecule has 4 rings (SSSR count). The SMILES string of the molecule is O=C(CCCNC(=O)c1cnccn1)NC1CCCc2c1[nH]c1ccc(Cl)cc21. The maximum atomic E-state index is 12.4. The van der Waals surface area contributed by atoms with Crippen LogP contribution in [0.1, 0.15) is 53.5 Å². The summed E-state index contributed by atoms with van der Waals surface area (Å²) in [7, 11) is 0. The van der Waals surface area contributed by atoms with Gasteiger partial charge in [0.25, 0.3) is 5.91 Å². The number of carbonyl (C=O) groups excluding carboxylic acids is 2. The highest BCUT2D eigenvalue weighted by atomic mass is 35.5. The molecule has 3 aromatic rings. The molecule has 1 aromatic carbocycles. The van der Waals surface area contributed by atoms with E-state index < -0.39 is 0 Å².